The third-order valence-corrected chi connectivity index (χ3v) is 4.81. The third-order valence-electron chi connectivity index (χ3n) is 3.12. The molecule has 0 saturated heterocycles. The molecule has 0 aliphatic heterocycles. The Bertz CT molecular complexity index is 580. The van der Waals surface area contributed by atoms with Gasteiger partial charge in [0.25, 0.3) is 0 Å². The Morgan fingerprint density at radius 2 is 2.10 bits per heavy atom. The fourth-order valence-electron chi connectivity index (χ4n) is 1.95. The van der Waals surface area contributed by atoms with Crippen molar-refractivity contribution < 1.29 is 0 Å². The van der Waals surface area contributed by atoms with Crippen LogP contribution in [0.4, 0.5) is 5.82 Å². The summed E-state index contributed by atoms with van der Waals surface area (Å²) < 4.78 is 1.14. The summed E-state index contributed by atoms with van der Waals surface area (Å²) in [7, 11) is 2.07. The molecule has 20 heavy (non-hydrogen) atoms. The van der Waals surface area contributed by atoms with Gasteiger partial charge in [-0.3, -0.25) is 0 Å². The number of nitrogens with zero attached hydrogens (tertiary/aromatic N) is 2. The van der Waals surface area contributed by atoms with E-state index in [1.165, 1.54) is 4.88 Å². The molecule has 2 aromatic heterocycles. The van der Waals surface area contributed by atoms with E-state index in [1.54, 1.807) is 11.3 Å². The molecule has 0 aromatic carbocycles. The number of halogens is 1. The summed E-state index contributed by atoms with van der Waals surface area (Å²) in [6.07, 6.45) is 0. The van der Waals surface area contributed by atoms with Crippen LogP contribution >= 0.6 is 27.3 Å². The van der Waals surface area contributed by atoms with Gasteiger partial charge in [0, 0.05) is 34.0 Å². The van der Waals surface area contributed by atoms with Crippen LogP contribution in [0.15, 0.2) is 28.1 Å². The second-order valence-electron chi connectivity index (χ2n) is 5.20. The lowest BCUT2D eigenvalue weighted by atomic mass is 10.1. The SMILES string of the molecule is CC(C)c1cc(CN)cc(N(C)Cc2cc(Br)cs2)n1. The Morgan fingerprint density at radius 1 is 1.35 bits per heavy atom. The maximum absolute atomic E-state index is 5.79. The predicted molar refractivity (Wildman–Crippen MR) is 90.3 cm³/mol. The molecule has 3 nitrogen and oxygen atoms in total. The highest BCUT2D eigenvalue weighted by Crippen LogP contribution is 2.24. The Hall–Kier alpha value is -0.910. The zero-order chi connectivity index (χ0) is 14.7. The van der Waals surface area contributed by atoms with E-state index in [4.69, 9.17) is 10.7 Å². The van der Waals surface area contributed by atoms with Gasteiger partial charge in [-0.2, -0.15) is 0 Å². The molecule has 0 atom stereocenters. The fraction of sp³-hybridized carbons (Fsp3) is 0.400. The molecule has 0 bridgehead atoms. The number of pyridine rings is 1. The first-order valence-electron chi connectivity index (χ1n) is 6.64. The van der Waals surface area contributed by atoms with E-state index in [1.807, 2.05) is 0 Å². The van der Waals surface area contributed by atoms with Crippen molar-refractivity contribution in [2.45, 2.75) is 32.9 Å². The van der Waals surface area contributed by atoms with Crippen LogP contribution in [0.3, 0.4) is 0 Å². The van der Waals surface area contributed by atoms with Gasteiger partial charge in [0.2, 0.25) is 0 Å². The van der Waals surface area contributed by atoms with E-state index < -0.39 is 0 Å². The number of thiophene rings is 1. The molecule has 0 amide bonds. The van der Waals surface area contributed by atoms with E-state index in [-0.39, 0.29) is 0 Å². The van der Waals surface area contributed by atoms with Gasteiger partial charge in [0.05, 0.1) is 6.54 Å². The van der Waals surface area contributed by atoms with Crippen LogP contribution in [-0.2, 0) is 13.1 Å². The van der Waals surface area contributed by atoms with Crippen molar-refractivity contribution in [1.82, 2.24) is 4.98 Å². The van der Waals surface area contributed by atoms with Crippen molar-refractivity contribution in [2.75, 3.05) is 11.9 Å². The topological polar surface area (TPSA) is 42.1 Å². The molecule has 0 saturated carbocycles. The summed E-state index contributed by atoms with van der Waals surface area (Å²) in [5.41, 5.74) is 8.03. The summed E-state index contributed by atoms with van der Waals surface area (Å²) in [6, 6.07) is 6.33. The van der Waals surface area contributed by atoms with Gasteiger partial charge in [0.15, 0.2) is 0 Å². The smallest absolute Gasteiger partial charge is 0.129 e. The highest BCUT2D eigenvalue weighted by Gasteiger charge is 2.10. The number of hydrogen-bond acceptors (Lipinski definition) is 4. The van der Waals surface area contributed by atoms with Gasteiger partial charge < -0.3 is 10.6 Å². The molecular weight excluding hydrogens is 334 g/mol. The lowest BCUT2D eigenvalue weighted by Crippen LogP contribution is -2.18. The van der Waals surface area contributed by atoms with Crippen molar-refractivity contribution >= 4 is 33.1 Å². The predicted octanol–water partition coefficient (Wildman–Crippen LogP) is 4.12. The minimum absolute atomic E-state index is 0.407. The van der Waals surface area contributed by atoms with Crippen molar-refractivity contribution in [3.63, 3.8) is 0 Å². The summed E-state index contributed by atoms with van der Waals surface area (Å²) in [4.78, 5) is 8.23. The standard InChI is InChI=1S/C15H20BrN3S/c1-10(2)14-4-11(7-17)5-15(18-14)19(3)8-13-6-12(16)9-20-13/h4-6,9-10H,7-8,17H2,1-3H3. The van der Waals surface area contributed by atoms with Crippen LogP contribution < -0.4 is 10.6 Å². The molecule has 0 aliphatic rings. The average molecular weight is 354 g/mol. The van der Waals surface area contributed by atoms with E-state index >= 15 is 0 Å². The first-order valence-corrected chi connectivity index (χ1v) is 8.32. The largest absolute Gasteiger partial charge is 0.355 e. The molecule has 0 aliphatic carbocycles. The summed E-state index contributed by atoms with van der Waals surface area (Å²) in [6.45, 7) is 5.72. The monoisotopic (exact) mass is 353 g/mol. The minimum atomic E-state index is 0.407. The van der Waals surface area contributed by atoms with E-state index in [9.17, 15) is 0 Å². The lowest BCUT2D eigenvalue weighted by molar-refractivity contribution is 0.801. The summed E-state index contributed by atoms with van der Waals surface area (Å²) >= 11 is 5.24. The van der Waals surface area contributed by atoms with Gasteiger partial charge in [-0.25, -0.2) is 4.98 Å². The van der Waals surface area contributed by atoms with Crippen LogP contribution in [-0.4, -0.2) is 12.0 Å². The molecule has 0 spiro atoms. The van der Waals surface area contributed by atoms with Gasteiger partial charge in [-0.05, 0) is 45.6 Å². The van der Waals surface area contributed by atoms with Crippen molar-refractivity contribution in [1.29, 1.82) is 0 Å². The first kappa shape index (κ1) is 15.5. The second-order valence-corrected chi connectivity index (χ2v) is 7.12. The van der Waals surface area contributed by atoms with E-state index in [0.717, 1.165) is 28.1 Å². The number of anilines is 1. The Labute approximate surface area is 133 Å². The molecule has 108 valence electrons. The third kappa shape index (κ3) is 3.81. The molecule has 0 radical (unpaired) electrons. The summed E-state index contributed by atoms with van der Waals surface area (Å²) in [5, 5.41) is 2.10. The second kappa shape index (κ2) is 6.70. The Morgan fingerprint density at radius 3 is 2.65 bits per heavy atom. The van der Waals surface area contributed by atoms with Crippen molar-refractivity contribution in [3.8, 4) is 0 Å². The molecular formula is C15H20BrN3S. The average Bonchev–Trinajstić information content (AvgIpc) is 2.83. The van der Waals surface area contributed by atoms with Gasteiger partial charge in [-0.1, -0.05) is 13.8 Å². The first-order chi connectivity index (χ1) is 9.49. The summed E-state index contributed by atoms with van der Waals surface area (Å²) in [5.74, 6) is 1.39. The molecule has 2 heterocycles. The zero-order valence-corrected chi connectivity index (χ0v) is 14.5. The van der Waals surface area contributed by atoms with Crippen LogP contribution in [0.25, 0.3) is 0 Å². The Balaban J connectivity index is 2.24. The molecule has 0 unspecified atom stereocenters. The van der Waals surface area contributed by atoms with Crippen molar-refractivity contribution in [3.05, 3.63) is 44.2 Å². The number of aromatic nitrogens is 1. The molecule has 2 N–H and O–H groups in total. The maximum atomic E-state index is 5.79. The number of nitrogens with two attached hydrogens (primary N) is 1. The normalized spacial score (nSPS) is 11.1. The highest BCUT2D eigenvalue weighted by atomic mass is 79.9. The fourth-order valence-corrected chi connectivity index (χ4v) is 3.46. The van der Waals surface area contributed by atoms with Gasteiger partial charge >= 0.3 is 0 Å². The highest BCUT2D eigenvalue weighted by molar-refractivity contribution is 9.10. The van der Waals surface area contributed by atoms with Gasteiger partial charge in [-0.15, -0.1) is 11.3 Å². The number of rotatable bonds is 5. The lowest BCUT2D eigenvalue weighted by Gasteiger charge is -2.20. The molecule has 2 aromatic rings. The van der Waals surface area contributed by atoms with Crippen LogP contribution in [0, 0.1) is 0 Å². The minimum Gasteiger partial charge on any atom is -0.355 e. The molecule has 5 heteroatoms. The van der Waals surface area contributed by atoms with E-state index in [2.05, 4.69) is 65.3 Å². The van der Waals surface area contributed by atoms with Crippen molar-refractivity contribution in [2.24, 2.45) is 5.73 Å². The van der Waals surface area contributed by atoms with Crippen LogP contribution in [0.2, 0.25) is 0 Å². The Kier molecular flexibility index (Phi) is 5.18. The molecule has 0 fully saturated rings. The van der Waals surface area contributed by atoms with Crippen LogP contribution in [0.1, 0.15) is 35.9 Å². The zero-order valence-electron chi connectivity index (χ0n) is 12.1. The quantitative estimate of drug-likeness (QED) is 0.878. The maximum Gasteiger partial charge on any atom is 0.129 e. The molecule has 2 rings (SSSR count). The number of hydrogen-bond donors (Lipinski definition) is 1. The van der Waals surface area contributed by atoms with Crippen LogP contribution in [0.5, 0.6) is 0 Å². The van der Waals surface area contributed by atoms with E-state index in [0.29, 0.717) is 12.5 Å². The van der Waals surface area contributed by atoms with Gasteiger partial charge in [0.1, 0.15) is 5.82 Å².